The lowest BCUT2D eigenvalue weighted by Crippen LogP contribution is -2.60. The van der Waals surface area contributed by atoms with Gasteiger partial charge in [-0.2, -0.15) is 8.42 Å². The third-order valence-corrected chi connectivity index (χ3v) is 7.94. The van der Waals surface area contributed by atoms with Crippen LogP contribution in [0.15, 0.2) is 0 Å². The fourth-order valence-electron chi connectivity index (χ4n) is 4.96. The highest BCUT2D eigenvalue weighted by atomic mass is 32.3. The van der Waals surface area contributed by atoms with Crippen LogP contribution in [-0.4, -0.2) is 97.5 Å². The third kappa shape index (κ3) is 19.3. The SMILES string of the molecule is CCCCCCCCCCOCC(COC1OC(CO)C(O)C(OS(=O)(=O)O)C1O)OC(=O)CCCCCCCCCC. The summed E-state index contributed by atoms with van der Waals surface area (Å²) in [7, 11) is -5.04. The minimum Gasteiger partial charge on any atom is -0.457 e. The van der Waals surface area contributed by atoms with E-state index in [-0.39, 0.29) is 19.6 Å². The molecule has 13 heteroatoms. The Kier molecular flexibility index (Phi) is 22.7. The zero-order chi connectivity index (χ0) is 31.9. The summed E-state index contributed by atoms with van der Waals surface area (Å²) in [6, 6.07) is 0. The number of unbranched alkanes of at least 4 members (excludes halogenated alkanes) is 14. The molecule has 1 heterocycles. The Balaban J connectivity index is 2.61. The molecule has 1 saturated heterocycles. The van der Waals surface area contributed by atoms with Gasteiger partial charge in [0.2, 0.25) is 0 Å². The highest BCUT2D eigenvalue weighted by Gasteiger charge is 2.48. The second-order valence-corrected chi connectivity index (χ2v) is 12.5. The Morgan fingerprint density at radius 1 is 0.791 bits per heavy atom. The lowest BCUT2D eigenvalue weighted by Gasteiger charge is -2.41. The number of hydrogen-bond donors (Lipinski definition) is 4. The first-order valence-corrected chi connectivity index (χ1v) is 17.7. The van der Waals surface area contributed by atoms with Gasteiger partial charge in [-0.15, -0.1) is 0 Å². The Hall–Kier alpha value is -0.900. The number of hydrogen-bond acceptors (Lipinski definition) is 11. The van der Waals surface area contributed by atoms with E-state index in [0.717, 1.165) is 38.5 Å². The predicted molar refractivity (Wildman–Crippen MR) is 161 cm³/mol. The van der Waals surface area contributed by atoms with Crippen LogP contribution >= 0.6 is 0 Å². The molecule has 1 fully saturated rings. The van der Waals surface area contributed by atoms with Crippen molar-refractivity contribution >= 4 is 16.4 Å². The average molecular weight is 643 g/mol. The maximum absolute atomic E-state index is 12.6. The summed E-state index contributed by atoms with van der Waals surface area (Å²) >= 11 is 0. The molecular formula is C30H58O12S. The smallest absolute Gasteiger partial charge is 0.397 e. The van der Waals surface area contributed by atoms with Gasteiger partial charge in [0, 0.05) is 13.0 Å². The molecule has 0 radical (unpaired) electrons. The van der Waals surface area contributed by atoms with Crippen molar-refractivity contribution in [2.45, 2.75) is 160 Å². The van der Waals surface area contributed by atoms with Crippen molar-refractivity contribution < 1.29 is 56.2 Å². The molecule has 0 aromatic heterocycles. The summed E-state index contributed by atoms with van der Waals surface area (Å²) in [6.07, 6.45) is 8.98. The van der Waals surface area contributed by atoms with E-state index in [1.54, 1.807) is 0 Å². The number of esters is 1. The Labute approximate surface area is 258 Å². The van der Waals surface area contributed by atoms with Crippen LogP contribution in [0.3, 0.4) is 0 Å². The molecule has 6 unspecified atom stereocenters. The maximum atomic E-state index is 12.6. The molecule has 6 atom stereocenters. The average Bonchev–Trinajstić information content (AvgIpc) is 2.96. The van der Waals surface area contributed by atoms with Crippen LogP contribution in [-0.2, 0) is 38.3 Å². The zero-order valence-electron chi connectivity index (χ0n) is 26.3. The van der Waals surface area contributed by atoms with Gasteiger partial charge >= 0.3 is 16.4 Å². The van der Waals surface area contributed by atoms with Crippen molar-refractivity contribution in [3.63, 3.8) is 0 Å². The van der Waals surface area contributed by atoms with Gasteiger partial charge in [0.1, 0.15) is 30.5 Å². The van der Waals surface area contributed by atoms with E-state index in [4.69, 9.17) is 23.5 Å². The Bertz CT molecular complexity index is 796. The monoisotopic (exact) mass is 642 g/mol. The van der Waals surface area contributed by atoms with Gasteiger partial charge in [0.25, 0.3) is 0 Å². The lowest BCUT2D eigenvalue weighted by molar-refractivity contribution is -0.301. The van der Waals surface area contributed by atoms with E-state index < -0.39 is 59.8 Å². The third-order valence-electron chi connectivity index (χ3n) is 7.48. The van der Waals surface area contributed by atoms with Crippen molar-refractivity contribution in [2.24, 2.45) is 0 Å². The van der Waals surface area contributed by atoms with E-state index in [1.165, 1.54) is 57.8 Å². The summed E-state index contributed by atoms with van der Waals surface area (Å²) in [5.74, 6) is -0.406. The number of carbonyl (C=O) groups is 1. The highest BCUT2D eigenvalue weighted by Crippen LogP contribution is 2.26. The molecule has 256 valence electrons. The van der Waals surface area contributed by atoms with Crippen LogP contribution in [0.1, 0.15) is 123 Å². The molecule has 12 nitrogen and oxygen atoms in total. The van der Waals surface area contributed by atoms with Crippen molar-refractivity contribution in [1.29, 1.82) is 0 Å². The molecule has 0 spiro atoms. The molecule has 43 heavy (non-hydrogen) atoms. The number of carbonyl (C=O) groups excluding carboxylic acids is 1. The molecule has 0 aliphatic carbocycles. The summed E-state index contributed by atoms with van der Waals surface area (Å²) < 4.78 is 58.3. The van der Waals surface area contributed by atoms with Crippen molar-refractivity contribution in [3.05, 3.63) is 0 Å². The van der Waals surface area contributed by atoms with E-state index in [9.17, 15) is 28.5 Å². The minimum atomic E-state index is -5.04. The molecule has 1 rings (SSSR count). The molecule has 1 aliphatic heterocycles. The van der Waals surface area contributed by atoms with Gasteiger partial charge in [-0.1, -0.05) is 104 Å². The molecule has 0 aromatic rings. The molecule has 4 N–H and O–H groups in total. The van der Waals surface area contributed by atoms with Crippen molar-refractivity contribution in [3.8, 4) is 0 Å². The normalized spacial score (nSPS) is 23.3. The second-order valence-electron chi connectivity index (χ2n) is 11.4. The van der Waals surface area contributed by atoms with Gasteiger partial charge in [0.05, 0.1) is 19.8 Å². The van der Waals surface area contributed by atoms with Crippen LogP contribution in [0, 0.1) is 0 Å². The molecule has 0 bridgehead atoms. The topological polar surface area (TPSA) is 178 Å². The second kappa shape index (κ2) is 24.3. The summed E-state index contributed by atoms with van der Waals surface area (Å²) in [5.41, 5.74) is 0. The van der Waals surface area contributed by atoms with Gasteiger partial charge in [-0.3, -0.25) is 9.35 Å². The van der Waals surface area contributed by atoms with Gasteiger partial charge in [-0.05, 0) is 12.8 Å². The van der Waals surface area contributed by atoms with Crippen LogP contribution in [0.2, 0.25) is 0 Å². The van der Waals surface area contributed by atoms with Gasteiger partial charge in [-0.25, -0.2) is 4.18 Å². The minimum absolute atomic E-state index is 0.0412. The highest BCUT2D eigenvalue weighted by molar-refractivity contribution is 7.80. The molecule has 0 amide bonds. The molecule has 0 saturated carbocycles. The standard InChI is InChI=1S/C30H58O12S/c1-3-5-7-9-11-13-15-17-19-26(32)40-24(22-38-20-18-16-14-12-10-8-6-4-2)23-39-30-28(34)29(42-43(35,36)37)27(33)25(21-31)41-30/h24-25,27-31,33-34H,3-23H2,1-2H3,(H,35,36,37). The summed E-state index contributed by atoms with van der Waals surface area (Å²) in [4.78, 5) is 12.6. The van der Waals surface area contributed by atoms with Gasteiger partial charge < -0.3 is 34.3 Å². The number of ether oxygens (including phenoxy) is 4. The first kappa shape index (κ1) is 40.1. The predicted octanol–water partition coefficient (Wildman–Crippen LogP) is 4.23. The zero-order valence-corrected chi connectivity index (χ0v) is 27.1. The van der Waals surface area contributed by atoms with Crippen LogP contribution in [0.25, 0.3) is 0 Å². The first-order chi connectivity index (χ1) is 20.6. The van der Waals surface area contributed by atoms with Crippen LogP contribution in [0.4, 0.5) is 0 Å². The van der Waals surface area contributed by atoms with E-state index in [2.05, 4.69) is 18.0 Å². The first-order valence-electron chi connectivity index (χ1n) is 16.3. The quantitative estimate of drug-likeness (QED) is 0.0570. The van der Waals surface area contributed by atoms with E-state index in [0.29, 0.717) is 13.0 Å². The Morgan fingerprint density at radius 2 is 1.33 bits per heavy atom. The fraction of sp³-hybridized carbons (Fsp3) is 0.967. The Morgan fingerprint density at radius 3 is 1.86 bits per heavy atom. The summed E-state index contributed by atoms with van der Waals surface area (Å²) in [5, 5.41) is 30.3. The van der Waals surface area contributed by atoms with Gasteiger partial charge in [0.15, 0.2) is 6.29 Å². The van der Waals surface area contributed by atoms with E-state index >= 15 is 0 Å². The van der Waals surface area contributed by atoms with Crippen molar-refractivity contribution in [2.75, 3.05) is 26.4 Å². The van der Waals surface area contributed by atoms with Crippen LogP contribution in [0.5, 0.6) is 0 Å². The summed E-state index contributed by atoms with van der Waals surface area (Å²) in [6.45, 7) is 3.89. The molecular weight excluding hydrogens is 584 g/mol. The molecule has 1 aliphatic rings. The number of aliphatic hydroxyl groups is 3. The number of aliphatic hydroxyl groups excluding tert-OH is 3. The fourth-order valence-corrected chi connectivity index (χ4v) is 5.47. The maximum Gasteiger partial charge on any atom is 0.397 e. The largest absolute Gasteiger partial charge is 0.457 e. The lowest BCUT2D eigenvalue weighted by atomic mass is 9.99. The number of rotatable bonds is 27. The van der Waals surface area contributed by atoms with E-state index in [1.807, 2.05) is 0 Å². The molecule has 0 aromatic carbocycles. The van der Waals surface area contributed by atoms with Crippen molar-refractivity contribution in [1.82, 2.24) is 0 Å². The van der Waals surface area contributed by atoms with Crippen LogP contribution < -0.4 is 0 Å².